The molecule has 0 saturated carbocycles. The summed E-state index contributed by atoms with van der Waals surface area (Å²) >= 11 is 5.91. The molecule has 0 saturated heterocycles. The van der Waals surface area contributed by atoms with Crippen LogP contribution < -0.4 is 9.46 Å². The number of benzene rings is 2. The van der Waals surface area contributed by atoms with Crippen molar-refractivity contribution in [2.45, 2.75) is 11.8 Å². The van der Waals surface area contributed by atoms with Gasteiger partial charge in [0.25, 0.3) is 10.0 Å². The van der Waals surface area contributed by atoms with Crippen molar-refractivity contribution in [3.05, 3.63) is 53.1 Å². The van der Waals surface area contributed by atoms with Gasteiger partial charge in [-0.1, -0.05) is 23.7 Å². The van der Waals surface area contributed by atoms with Crippen LogP contribution in [0.5, 0.6) is 5.75 Å². The number of carboxylic acids is 1. The van der Waals surface area contributed by atoms with Crippen LogP contribution in [0.3, 0.4) is 0 Å². The van der Waals surface area contributed by atoms with Crippen LogP contribution in [-0.4, -0.2) is 26.1 Å². The monoisotopic (exact) mass is 355 g/mol. The molecule has 0 atom stereocenters. The van der Waals surface area contributed by atoms with E-state index in [1.165, 1.54) is 18.2 Å². The highest BCUT2D eigenvalue weighted by molar-refractivity contribution is 7.92. The van der Waals surface area contributed by atoms with Gasteiger partial charge in [-0.2, -0.15) is 0 Å². The van der Waals surface area contributed by atoms with Gasteiger partial charge in [0.05, 0.1) is 22.9 Å². The summed E-state index contributed by atoms with van der Waals surface area (Å²) in [5.74, 6) is -0.878. The first-order valence-electron chi connectivity index (χ1n) is 6.62. The molecule has 0 heterocycles. The first kappa shape index (κ1) is 17.1. The minimum absolute atomic E-state index is 0.0728. The van der Waals surface area contributed by atoms with Crippen LogP contribution in [0.25, 0.3) is 0 Å². The van der Waals surface area contributed by atoms with E-state index < -0.39 is 16.0 Å². The van der Waals surface area contributed by atoms with Crippen molar-refractivity contribution in [2.24, 2.45) is 0 Å². The second-order valence-corrected chi connectivity index (χ2v) is 6.54. The van der Waals surface area contributed by atoms with Crippen molar-refractivity contribution in [2.75, 3.05) is 11.3 Å². The van der Waals surface area contributed by atoms with Gasteiger partial charge in [-0.3, -0.25) is 4.72 Å². The Morgan fingerprint density at radius 3 is 2.61 bits per heavy atom. The summed E-state index contributed by atoms with van der Waals surface area (Å²) in [6.07, 6.45) is 0. The van der Waals surface area contributed by atoms with Crippen LogP contribution in [0, 0.1) is 0 Å². The van der Waals surface area contributed by atoms with E-state index >= 15 is 0 Å². The standard InChI is InChI=1S/C15H14ClNO5S/c1-2-22-13-6-4-3-5-12(13)17-23(20,21)14-9-10(15(18)19)7-8-11(14)16/h3-9,17H,2H2,1H3,(H,18,19). The lowest BCUT2D eigenvalue weighted by molar-refractivity contribution is 0.0696. The van der Waals surface area contributed by atoms with E-state index in [9.17, 15) is 13.2 Å². The highest BCUT2D eigenvalue weighted by Crippen LogP contribution is 2.29. The molecule has 2 aromatic carbocycles. The minimum atomic E-state index is -4.07. The van der Waals surface area contributed by atoms with Gasteiger partial charge in [0.1, 0.15) is 10.6 Å². The Bertz CT molecular complexity index is 836. The zero-order valence-electron chi connectivity index (χ0n) is 12.1. The maximum absolute atomic E-state index is 12.5. The highest BCUT2D eigenvalue weighted by Gasteiger charge is 2.21. The number of para-hydroxylation sites is 2. The predicted octanol–water partition coefficient (Wildman–Crippen LogP) is 3.24. The molecule has 0 aliphatic heterocycles. The highest BCUT2D eigenvalue weighted by atomic mass is 35.5. The molecule has 0 amide bonds. The number of hydrogen-bond acceptors (Lipinski definition) is 4. The summed E-state index contributed by atoms with van der Waals surface area (Å²) in [5, 5.41) is 8.92. The van der Waals surface area contributed by atoms with Crippen molar-refractivity contribution < 1.29 is 23.1 Å². The van der Waals surface area contributed by atoms with Crippen molar-refractivity contribution in [1.29, 1.82) is 0 Å². The number of aromatic carboxylic acids is 1. The number of rotatable bonds is 6. The first-order chi connectivity index (χ1) is 10.8. The second-order valence-electron chi connectivity index (χ2n) is 4.49. The number of nitrogens with one attached hydrogen (secondary N) is 1. The van der Waals surface area contributed by atoms with Gasteiger partial charge < -0.3 is 9.84 Å². The van der Waals surface area contributed by atoms with E-state index in [2.05, 4.69) is 4.72 Å². The summed E-state index contributed by atoms with van der Waals surface area (Å²) in [4.78, 5) is 10.7. The average Bonchev–Trinajstić information content (AvgIpc) is 2.49. The lowest BCUT2D eigenvalue weighted by atomic mass is 10.2. The van der Waals surface area contributed by atoms with Crippen molar-refractivity contribution in [3.63, 3.8) is 0 Å². The summed E-state index contributed by atoms with van der Waals surface area (Å²) in [5.41, 5.74) is 0.0685. The number of anilines is 1. The number of hydrogen-bond donors (Lipinski definition) is 2. The first-order valence-corrected chi connectivity index (χ1v) is 8.48. The fourth-order valence-corrected chi connectivity index (χ4v) is 3.47. The molecule has 0 spiro atoms. The van der Waals surface area contributed by atoms with Gasteiger partial charge in [-0.25, -0.2) is 13.2 Å². The number of ether oxygens (including phenoxy) is 1. The quantitative estimate of drug-likeness (QED) is 0.829. The van der Waals surface area contributed by atoms with Crippen molar-refractivity contribution in [1.82, 2.24) is 0 Å². The molecule has 0 aromatic heterocycles. The third kappa shape index (κ3) is 3.94. The molecule has 2 N–H and O–H groups in total. The zero-order valence-corrected chi connectivity index (χ0v) is 13.7. The Labute approximate surface area is 138 Å². The lowest BCUT2D eigenvalue weighted by Crippen LogP contribution is -2.15. The Balaban J connectivity index is 2.44. The van der Waals surface area contributed by atoms with Gasteiger partial charge in [0.15, 0.2) is 0 Å². The van der Waals surface area contributed by atoms with Crippen LogP contribution in [0.15, 0.2) is 47.4 Å². The molecule has 0 bridgehead atoms. The Morgan fingerprint density at radius 1 is 1.26 bits per heavy atom. The average molecular weight is 356 g/mol. The fourth-order valence-electron chi connectivity index (χ4n) is 1.87. The van der Waals surface area contributed by atoms with Crippen LogP contribution in [-0.2, 0) is 10.0 Å². The molecule has 6 nitrogen and oxygen atoms in total. The van der Waals surface area contributed by atoms with E-state index in [0.29, 0.717) is 12.4 Å². The van der Waals surface area contributed by atoms with E-state index in [0.717, 1.165) is 6.07 Å². The van der Waals surface area contributed by atoms with Crippen molar-refractivity contribution >= 4 is 33.3 Å². The predicted molar refractivity (Wildman–Crippen MR) is 86.8 cm³/mol. The topological polar surface area (TPSA) is 92.7 Å². The third-order valence-corrected chi connectivity index (χ3v) is 4.75. The molecule has 0 unspecified atom stereocenters. The zero-order chi connectivity index (χ0) is 17.0. The van der Waals surface area contributed by atoms with Crippen molar-refractivity contribution in [3.8, 4) is 5.75 Å². The number of halogens is 1. The molecular formula is C15H14ClNO5S. The largest absolute Gasteiger partial charge is 0.492 e. The van der Waals surface area contributed by atoms with Crippen LogP contribution in [0.4, 0.5) is 5.69 Å². The van der Waals surface area contributed by atoms with Gasteiger partial charge in [0.2, 0.25) is 0 Å². The molecule has 0 aliphatic carbocycles. The number of carboxylic acid groups (broad SMARTS) is 1. The number of carbonyl (C=O) groups is 1. The third-order valence-electron chi connectivity index (χ3n) is 2.90. The molecule has 0 fully saturated rings. The maximum Gasteiger partial charge on any atom is 0.335 e. The molecule has 8 heteroatoms. The van der Waals surface area contributed by atoms with Gasteiger partial charge in [-0.05, 0) is 37.3 Å². The molecular weight excluding hydrogens is 342 g/mol. The molecule has 122 valence electrons. The molecule has 0 aliphatic rings. The Hall–Kier alpha value is -2.25. The Kier molecular flexibility index (Phi) is 5.12. The van der Waals surface area contributed by atoms with E-state index in [-0.39, 0.29) is 21.2 Å². The summed E-state index contributed by atoms with van der Waals surface area (Å²) in [6.45, 7) is 2.15. The molecule has 23 heavy (non-hydrogen) atoms. The van der Waals surface area contributed by atoms with E-state index in [1.807, 2.05) is 0 Å². The normalized spacial score (nSPS) is 11.0. The van der Waals surface area contributed by atoms with E-state index in [4.69, 9.17) is 21.4 Å². The van der Waals surface area contributed by atoms with Gasteiger partial charge in [0, 0.05) is 0 Å². The van der Waals surface area contributed by atoms with Crippen LogP contribution in [0.2, 0.25) is 5.02 Å². The summed E-state index contributed by atoms with van der Waals surface area (Å²) in [6, 6.07) is 9.99. The van der Waals surface area contributed by atoms with E-state index in [1.54, 1.807) is 25.1 Å². The summed E-state index contributed by atoms with van der Waals surface area (Å²) < 4.78 is 32.7. The smallest absolute Gasteiger partial charge is 0.335 e. The summed E-state index contributed by atoms with van der Waals surface area (Å²) in [7, 11) is -4.07. The SMILES string of the molecule is CCOc1ccccc1NS(=O)(=O)c1cc(C(=O)O)ccc1Cl. The molecule has 2 aromatic rings. The Morgan fingerprint density at radius 2 is 1.96 bits per heavy atom. The van der Waals surface area contributed by atoms with Gasteiger partial charge in [-0.15, -0.1) is 0 Å². The van der Waals surface area contributed by atoms with Crippen LogP contribution >= 0.6 is 11.6 Å². The second kappa shape index (κ2) is 6.89. The maximum atomic E-state index is 12.5. The fraction of sp³-hybridized carbons (Fsp3) is 0.133. The number of sulfonamides is 1. The lowest BCUT2D eigenvalue weighted by Gasteiger charge is -2.13. The molecule has 0 radical (unpaired) electrons. The van der Waals surface area contributed by atoms with Gasteiger partial charge >= 0.3 is 5.97 Å². The molecule has 2 rings (SSSR count). The minimum Gasteiger partial charge on any atom is -0.492 e. The van der Waals surface area contributed by atoms with Crippen LogP contribution in [0.1, 0.15) is 17.3 Å².